The van der Waals surface area contributed by atoms with Gasteiger partial charge in [0, 0.05) is 5.92 Å². The number of hydrogen-bond acceptors (Lipinski definition) is 6. The number of ether oxygens (including phenoxy) is 1. The molecule has 51 heavy (non-hydrogen) atoms. The third kappa shape index (κ3) is 4.56. The Bertz CT molecular complexity index is 2100. The molecule has 1 saturated carbocycles. The van der Waals surface area contributed by atoms with Gasteiger partial charge in [0.2, 0.25) is 17.6 Å². The molecule has 4 aliphatic rings. The number of phenols is 1. The van der Waals surface area contributed by atoms with Gasteiger partial charge in [-0.25, -0.2) is 26.9 Å². The summed E-state index contributed by atoms with van der Waals surface area (Å²) in [4.78, 5) is 52.2. The number of imide groups is 2. The molecule has 3 aromatic rings. The first-order valence-corrected chi connectivity index (χ1v) is 16.4. The number of allylic oxidation sites excluding steroid dienone is 2. The van der Waals surface area contributed by atoms with Crippen molar-refractivity contribution in [1.82, 2.24) is 0 Å². The summed E-state index contributed by atoms with van der Waals surface area (Å²) in [5.41, 5.74) is -0.525. The second-order valence-corrected chi connectivity index (χ2v) is 13.9. The van der Waals surface area contributed by atoms with E-state index in [1.165, 1.54) is 18.2 Å². The second-order valence-electron chi connectivity index (χ2n) is 12.7. The number of phenolic OH excluding ortho intramolecular Hbond substituents is 1. The quantitative estimate of drug-likeness (QED) is 0.0736. The summed E-state index contributed by atoms with van der Waals surface area (Å²) < 4.78 is 79.0. The van der Waals surface area contributed by atoms with Crippen LogP contribution in [0.1, 0.15) is 36.8 Å². The standard InChI is InChI=1S/C36H25Cl2F5N2O6/c1-3-15-5-8-17(9-6-15)44-31(47)19-11-10-18-20(23(19)32(44)48)14-35(37)33(49)45(30-28(42)26(40)25(39)27(41)29(30)43)34(50)36(35,38)24(18)16-7-12-21(46)22(13-16)51-4-2/h3,5-10,12-13,19-20,23-24,46H,1,4,11,14H2,2H3. The van der Waals surface area contributed by atoms with Crippen LogP contribution in [0, 0.1) is 46.8 Å². The second kappa shape index (κ2) is 11.9. The van der Waals surface area contributed by atoms with Crippen LogP contribution >= 0.6 is 23.2 Å². The van der Waals surface area contributed by atoms with E-state index in [0.717, 1.165) is 10.5 Å². The lowest BCUT2D eigenvalue weighted by atomic mass is 9.56. The Hall–Kier alpha value is -4.75. The molecule has 0 bridgehead atoms. The van der Waals surface area contributed by atoms with Crippen molar-refractivity contribution in [2.24, 2.45) is 17.8 Å². The van der Waals surface area contributed by atoms with Crippen molar-refractivity contribution in [3.8, 4) is 11.5 Å². The van der Waals surface area contributed by atoms with Crippen LogP contribution in [0.25, 0.3) is 6.08 Å². The molecule has 4 amide bonds. The van der Waals surface area contributed by atoms with Gasteiger partial charge in [-0.1, -0.05) is 42.5 Å². The van der Waals surface area contributed by atoms with Gasteiger partial charge in [-0.2, -0.15) is 0 Å². The Balaban J connectivity index is 1.43. The third-order valence-corrected chi connectivity index (χ3v) is 11.6. The number of nitrogens with zero attached hydrogens (tertiary/aromatic N) is 2. The molecule has 264 valence electrons. The van der Waals surface area contributed by atoms with Crippen LogP contribution in [-0.4, -0.2) is 45.1 Å². The lowest BCUT2D eigenvalue weighted by molar-refractivity contribution is -0.125. The molecule has 2 aliphatic carbocycles. The maximum atomic E-state index is 15.2. The lowest BCUT2D eigenvalue weighted by Gasteiger charge is -2.50. The van der Waals surface area contributed by atoms with E-state index in [0.29, 0.717) is 0 Å². The van der Waals surface area contributed by atoms with E-state index >= 15 is 8.78 Å². The summed E-state index contributed by atoms with van der Waals surface area (Å²) in [7, 11) is 0. The van der Waals surface area contributed by atoms with E-state index in [9.17, 15) is 37.5 Å². The summed E-state index contributed by atoms with van der Waals surface area (Å²) in [5.74, 6) is -21.8. The summed E-state index contributed by atoms with van der Waals surface area (Å²) in [5, 5.41) is 10.5. The van der Waals surface area contributed by atoms with Crippen molar-refractivity contribution >= 4 is 64.3 Å². The maximum Gasteiger partial charge on any atom is 0.258 e. The van der Waals surface area contributed by atoms with Crippen LogP contribution in [0.3, 0.4) is 0 Å². The number of benzene rings is 3. The fourth-order valence-electron chi connectivity index (χ4n) is 7.94. The molecule has 6 unspecified atom stereocenters. The molecular formula is C36H25Cl2F5N2O6. The molecule has 8 nitrogen and oxygen atoms in total. The summed E-state index contributed by atoms with van der Waals surface area (Å²) in [6.45, 7) is 5.39. The highest BCUT2D eigenvalue weighted by Gasteiger charge is 2.77. The molecule has 1 N–H and O–H groups in total. The Kier molecular flexibility index (Phi) is 8.10. The highest BCUT2D eigenvalue weighted by atomic mass is 35.5. The van der Waals surface area contributed by atoms with Gasteiger partial charge in [0.25, 0.3) is 11.8 Å². The Morgan fingerprint density at radius 3 is 2.12 bits per heavy atom. The van der Waals surface area contributed by atoms with Crippen molar-refractivity contribution in [3.05, 3.63) is 101 Å². The highest BCUT2D eigenvalue weighted by Crippen LogP contribution is 2.66. The third-order valence-electron chi connectivity index (χ3n) is 10.2. The van der Waals surface area contributed by atoms with Gasteiger partial charge in [-0.3, -0.25) is 24.1 Å². The molecule has 6 atom stereocenters. The molecule has 15 heteroatoms. The molecule has 2 aliphatic heterocycles. The van der Waals surface area contributed by atoms with Crippen LogP contribution in [-0.2, 0) is 19.2 Å². The molecule has 2 heterocycles. The SMILES string of the molecule is C=Cc1ccc(N2C(=O)C3CC=C4C(CC5(Cl)C(=O)N(c6c(F)c(F)c(F)c(F)c6F)C(=O)C5(Cl)C4c4ccc(O)c(OCC)c4)C3C2=O)cc1. The Morgan fingerprint density at radius 1 is 0.882 bits per heavy atom. The molecule has 0 radical (unpaired) electrons. The van der Waals surface area contributed by atoms with Crippen LogP contribution in [0.2, 0.25) is 0 Å². The normalized spacial score (nSPS) is 28.4. The predicted molar refractivity (Wildman–Crippen MR) is 175 cm³/mol. The van der Waals surface area contributed by atoms with Crippen LogP contribution in [0.15, 0.2) is 60.7 Å². The van der Waals surface area contributed by atoms with Gasteiger partial charge >= 0.3 is 0 Å². The number of hydrogen-bond donors (Lipinski definition) is 1. The van der Waals surface area contributed by atoms with E-state index in [2.05, 4.69) is 6.58 Å². The zero-order chi connectivity index (χ0) is 36.9. The molecule has 3 aromatic carbocycles. The monoisotopic (exact) mass is 746 g/mol. The van der Waals surface area contributed by atoms with Gasteiger partial charge in [0.15, 0.2) is 44.5 Å². The Labute approximate surface area is 296 Å². The fraction of sp³-hybridized carbons (Fsp3) is 0.278. The smallest absolute Gasteiger partial charge is 0.258 e. The molecule has 2 saturated heterocycles. The number of alkyl halides is 2. The molecule has 3 fully saturated rings. The molecular weight excluding hydrogens is 722 g/mol. The fourth-order valence-corrected chi connectivity index (χ4v) is 8.87. The van der Waals surface area contributed by atoms with E-state index < -0.39 is 98.2 Å². The first-order valence-electron chi connectivity index (χ1n) is 15.7. The first kappa shape index (κ1) is 34.7. The van der Waals surface area contributed by atoms with Gasteiger partial charge in [0.05, 0.1) is 24.1 Å². The van der Waals surface area contributed by atoms with E-state index in [-0.39, 0.29) is 46.3 Å². The number of carbonyl (C=O) groups is 4. The summed E-state index contributed by atoms with van der Waals surface area (Å²) in [6, 6.07) is 10.2. The van der Waals surface area contributed by atoms with Crippen molar-refractivity contribution < 1.29 is 51.0 Å². The first-order chi connectivity index (χ1) is 24.1. The van der Waals surface area contributed by atoms with E-state index in [1.54, 1.807) is 43.3 Å². The van der Waals surface area contributed by atoms with Crippen LogP contribution in [0.5, 0.6) is 11.5 Å². The average molecular weight is 748 g/mol. The predicted octanol–water partition coefficient (Wildman–Crippen LogP) is 6.90. The van der Waals surface area contributed by atoms with Gasteiger partial charge in [-0.15, -0.1) is 23.2 Å². The summed E-state index contributed by atoms with van der Waals surface area (Å²) >= 11 is 14.3. The van der Waals surface area contributed by atoms with Crippen molar-refractivity contribution in [1.29, 1.82) is 0 Å². The number of aromatic hydroxyl groups is 1. The number of anilines is 2. The van der Waals surface area contributed by atoms with Crippen molar-refractivity contribution in [3.63, 3.8) is 0 Å². The maximum absolute atomic E-state index is 15.2. The zero-order valence-corrected chi connectivity index (χ0v) is 27.9. The van der Waals surface area contributed by atoms with Crippen molar-refractivity contribution in [2.45, 2.75) is 35.4 Å². The Morgan fingerprint density at radius 2 is 1.51 bits per heavy atom. The van der Waals surface area contributed by atoms with Crippen molar-refractivity contribution in [2.75, 3.05) is 16.4 Å². The number of carbonyl (C=O) groups excluding carboxylic acids is 4. The minimum absolute atomic E-state index is 0.0268. The highest BCUT2D eigenvalue weighted by molar-refractivity contribution is 6.58. The number of halogens is 7. The van der Waals surface area contributed by atoms with Gasteiger partial charge in [0.1, 0.15) is 5.69 Å². The van der Waals surface area contributed by atoms with Gasteiger partial charge < -0.3 is 9.84 Å². The molecule has 0 aromatic heterocycles. The molecule has 7 rings (SSSR count). The molecule has 0 spiro atoms. The largest absolute Gasteiger partial charge is 0.504 e. The van der Waals surface area contributed by atoms with Gasteiger partial charge in [-0.05, 0) is 61.1 Å². The van der Waals surface area contributed by atoms with E-state index in [1.807, 2.05) is 0 Å². The average Bonchev–Trinajstić information content (AvgIpc) is 3.45. The van der Waals surface area contributed by atoms with E-state index in [4.69, 9.17) is 27.9 Å². The number of amides is 4. The lowest BCUT2D eigenvalue weighted by Crippen LogP contribution is -2.60. The van der Waals surface area contributed by atoms with Crippen LogP contribution < -0.4 is 14.5 Å². The minimum Gasteiger partial charge on any atom is -0.504 e. The number of rotatable bonds is 6. The minimum atomic E-state index is -2.70. The van der Waals surface area contributed by atoms with Crippen LogP contribution in [0.4, 0.5) is 33.3 Å². The topological polar surface area (TPSA) is 104 Å². The summed E-state index contributed by atoms with van der Waals surface area (Å²) in [6.07, 6.45) is 2.49. The number of fused-ring (bicyclic) bond motifs is 4. The zero-order valence-electron chi connectivity index (χ0n) is 26.4.